The molecule has 0 heterocycles. The van der Waals surface area contributed by atoms with E-state index in [1.54, 1.807) is 12.1 Å². The van der Waals surface area contributed by atoms with Gasteiger partial charge in [0.2, 0.25) is 0 Å². The Morgan fingerprint density at radius 3 is 2.11 bits per heavy atom. The Bertz CT molecular complexity index is 1180. The molecule has 5 atom stereocenters. The van der Waals surface area contributed by atoms with Crippen LogP contribution in [-0.2, 0) is 11.0 Å². The van der Waals surface area contributed by atoms with E-state index in [4.69, 9.17) is 0 Å². The van der Waals surface area contributed by atoms with Gasteiger partial charge in [0.05, 0.1) is 17.1 Å². The number of benzene rings is 2. The molecule has 0 amide bonds. The summed E-state index contributed by atoms with van der Waals surface area (Å²) in [5.41, 5.74) is -1.73. The molecule has 37 heavy (non-hydrogen) atoms. The number of fused-ring (bicyclic) bond motifs is 1. The predicted octanol–water partition coefficient (Wildman–Crippen LogP) is 6.98. The van der Waals surface area contributed by atoms with Crippen molar-refractivity contribution in [3.8, 4) is 0 Å². The van der Waals surface area contributed by atoms with Crippen LogP contribution in [0.2, 0.25) is 0 Å². The van der Waals surface area contributed by atoms with Gasteiger partial charge in [0.15, 0.2) is 5.78 Å². The van der Waals surface area contributed by atoms with Gasteiger partial charge in [-0.2, -0.15) is 13.2 Å². The highest BCUT2D eigenvalue weighted by molar-refractivity contribution is 6.00. The van der Waals surface area contributed by atoms with E-state index < -0.39 is 46.7 Å². The highest BCUT2D eigenvalue weighted by Gasteiger charge is 2.62. The molecule has 3 aliphatic rings. The lowest BCUT2D eigenvalue weighted by molar-refractivity contribution is -0.158. The second kappa shape index (κ2) is 9.04. The maximum absolute atomic E-state index is 14.1. The van der Waals surface area contributed by atoms with Crippen molar-refractivity contribution in [1.82, 2.24) is 0 Å². The third-order valence-electron chi connectivity index (χ3n) is 9.45. The number of carbonyl (C=O) groups is 2. The second-order valence-electron chi connectivity index (χ2n) is 11.8. The molecule has 3 fully saturated rings. The second-order valence-corrected chi connectivity index (χ2v) is 11.8. The summed E-state index contributed by atoms with van der Waals surface area (Å²) in [6, 6.07) is 9.73. The van der Waals surface area contributed by atoms with Crippen LogP contribution in [-0.4, -0.2) is 22.3 Å². The third-order valence-corrected chi connectivity index (χ3v) is 9.45. The molecule has 1 spiro atoms. The van der Waals surface area contributed by atoms with Gasteiger partial charge in [-0.15, -0.1) is 0 Å². The number of aliphatic hydroxyl groups is 1. The van der Waals surface area contributed by atoms with Crippen LogP contribution in [0.5, 0.6) is 0 Å². The summed E-state index contributed by atoms with van der Waals surface area (Å²) in [5.74, 6) is -3.63. The Balaban J connectivity index is 1.63. The van der Waals surface area contributed by atoms with E-state index in [2.05, 4.69) is 0 Å². The molecule has 0 bridgehead atoms. The van der Waals surface area contributed by atoms with Crippen molar-refractivity contribution in [1.29, 1.82) is 0 Å². The van der Waals surface area contributed by atoms with Gasteiger partial charge >= 0.3 is 6.18 Å². The highest BCUT2D eigenvalue weighted by atomic mass is 19.4. The number of carbonyl (C=O) groups excluding carboxylic acids is 2. The average molecular weight is 517 g/mol. The zero-order valence-corrected chi connectivity index (χ0v) is 21.0. The smallest absolute Gasteiger partial charge is 0.389 e. The van der Waals surface area contributed by atoms with Crippen LogP contribution >= 0.6 is 0 Å². The first-order valence-electron chi connectivity index (χ1n) is 13.1. The number of hydrogen-bond acceptors (Lipinski definition) is 3. The molecule has 3 aliphatic carbocycles. The van der Waals surface area contributed by atoms with Gasteiger partial charge in [-0.25, -0.2) is 4.39 Å². The van der Waals surface area contributed by atoms with Gasteiger partial charge in [0.1, 0.15) is 11.6 Å². The number of hydrogen-bond donors (Lipinski definition) is 1. The molecule has 2 aromatic rings. The van der Waals surface area contributed by atoms with E-state index in [1.165, 1.54) is 12.1 Å². The van der Waals surface area contributed by atoms with E-state index in [0.29, 0.717) is 12.0 Å². The van der Waals surface area contributed by atoms with Crippen molar-refractivity contribution in [3.63, 3.8) is 0 Å². The summed E-state index contributed by atoms with van der Waals surface area (Å²) in [6.07, 6.45) is 0.0208. The van der Waals surface area contributed by atoms with Gasteiger partial charge in [0.25, 0.3) is 0 Å². The molecule has 0 aromatic heterocycles. The monoisotopic (exact) mass is 516 g/mol. The maximum Gasteiger partial charge on any atom is 0.416 e. The standard InChI is InChI=1S/C30H32F4O3/c1-17(2)29(37)15-20-14-28(12-3-13-28)16-23(35)24(20)25(18-6-10-22(31)11-7-18)26(29)27(36)19-4-8-21(9-5-19)30(32,33)34/h4-11,17,20,24-26,37H,3,12-16H2,1-2H3. The predicted molar refractivity (Wildman–Crippen MR) is 130 cm³/mol. The molecule has 0 aliphatic heterocycles. The summed E-state index contributed by atoms with van der Waals surface area (Å²) in [7, 11) is 0. The molecular weight excluding hydrogens is 484 g/mol. The molecule has 5 unspecified atom stereocenters. The van der Waals surface area contributed by atoms with Gasteiger partial charge in [-0.3, -0.25) is 9.59 Å². The molecule has 5 rings (SSSR count). The summed E-state index contributed by atoms with van der Waals surface area (Å²) in [4.78, 5) is 27.8. The van der Waals surface area contributed by atoms with Gasteiger partial charge in [-0.05, 0) is 72.8 Å². The van der Waals surface area contributed by atoms with Crippen molar-refractivity contribution >= 4 is 11.6 Å². The molecule has 0 saturated heterocycles. The minimum absolute atomic E-state index is 0.0340. The molecule has 0 radical (unpaired) electrons. The van der Waals surface area contributed by atoms with Gasteiger partial charge in [0, 0.05) is 23.8 Å². The van der Waals surface area contributed by atoms with Crippen LogP contribution in [0.3, 0.4) is 0 Å². The Morgan fingerprint density at radius 1 is 0.973 bits per heavy atom. The van der Waals surface area contributed by atoms with E-state index in [0.717, 1.165) is 49.9 Å². The molecule has 2 aromatic carbocycles. The molecule has 3 nitrogen and oxygen atoms in total. The summed E-state index contributed by atoms with van der Waals surface area (Å²) in [6.45, 7) is 3.66. The van der Waals surface area contributed by atoms with Crippen molar-refractivity contribution in [2.24, 2.45) is 29.1 Å². The van der Waals surface area contributed by atoms with Crippen LogP contribution < -0.4 is 0 Å². The first kappa shape index (κ1) is 26.1. The SMILES string of the molecule is CC(C)C1(O)CC2CC3(CCC3)CC(=O)C2C(c2ccc(F)cc2)C1C(=O)c1ccc(C(F)(F)F)cc1. The molecular formula is C30H32F4O3. The first-order valence-corrected chi connectivity index (χ1v) is 13.1. The number of halogens is 4. The average Bonchev–Trinajstić information content (AvgIpc) is 2.81. The third kappa shape index (κ3) is 4.43. The number of Topliss-reactive ketones (excluding diaryl/α,β-unsaturated/α-hetero) is 2. The summed E-state index contributed by atoms with van der Waals surface area (Å²) in [5, 5.41) is 12.2. The Hall–Kier alpha value is -2.54. The number of rotatable bonds is 4. The maximum atomic E-state index is 14.1. The van der Waals surface area contributed by atoms with Crippen LogP contribution in [0.1, 0.15) is 79.8 Å². The Morgan fingerprint density at radius 2 is 1.59 bits per heavy atom. The van der Waals surface area contributed by atoms with E-state index in [1.807, 2.05) is 13.8 Å². The Kier molecular flexibility index (Phi) is 6.37. The van der Waals surface area contributed by atoms with Crippen molar-refractivity contribution in [2.75, 3.05) is 0 Å². The fraction of sp³-hybridized carbons (Fsp3) is 0.533. The van der Waals surface area contributed by atoms with Crippen LogP contribution in [0, 0.1) is 34.9 Å². The van der Waals surface area contributed by atoms with Crippen LogP contribution in [0.15, 0.2) is 48.5 Å². The lowest BCUT2D eigenvalue weighted by atomic mass is 9.46. The van der Waals surface area contributed by atoms with E-state index in [9.17, 15) is 32.3 Å². The fourth-order valence-electron chi connectivity index (χ4n) is 7.39. The van der Waals surface area contributed by atoms with Crippen LogP contribution in [0.25, 0.3) is 0 Å². The lowest BCUT2D eigenvalue weighted by Gasteiger charge is -2.58. The summed E-state index contributed by atoms with van der Waals surface area (Å²) >= 11 is 0. The molecule has 1 N–H and O–H groups in total. The largest absolute Gasteiger partial charge is 0.416 e. The number of alkyl halides is 3. The first-order chi connectivity index (χ1) is 17.3. The van der Waals surface area contributed by atoms with Crippen molar-refractivity contribution in [2.45, 2.75) is 70.1 Å². The highest BCUT2D eigenvalue weighted by Crippen LogP contribution is 2.62. The minimum atomic E-state index is -4.54. The number of ketones is 2. The quantitative estimate of drug-likeness (QED) is 0.352. The molecule has 7 heteroatoms. The molecule has 198 valence electrons. The minimum Gasteiger partial charge on any atom is -0.389 e. The fourth-order valence-corrected chi connectivity index (χ4v) is 7.39. The van der Waals surface area contributed by atoms with Gasteiger partial charge in [-0.1, -0.05) is 44.5 Å². The zero-order valence-electron chi connectivity index (χ0n) is 21.0. The summed E-state index contributed by atoms with van der Waals surface area (Å²) < 4.78 is 53.3. The Labute approximate surface area is 214 Å². The molecule has 3 saturated carbocycles. The van der Waals surface area contributed by atoms with Gasteiger partial charge < -0.3 is 5.11 Å². The van der Waals surface area contributed by atoms with Crippen molar-refractivity contribution in [3.05, 3.63) is 71.0 Å². The zero-order chi connectivity index (χ0) is 26.8. The van der Waals surface area contributed by atoms with Crippen LogP contribution in [0.4, 0.5) is 17.6 Å². The topological polar surface area (TPSA) is 54.4 Å². The van der Waals surface area contributed by atoms with Crippen molar-refractivity contribution < 1.29 is 32.3 Å². The lowest BCUT2D eigenvalue weighted by Crippen LogP contribution is -2.60. The van der Waals surface area contributed by atoms with E-state index in [-0.39, 0.29) is 35.0 Å². The normalized spacial score (nSPS) is 31.2. The van der Waals surface area contributed by atoms with E-state index >= 15 is 0 Å².